The lowest BCUT2D eigenvalue weighted by molar-refractivity contribution is 0.734. The van der Waals surface area contributed by atoms with E-state index in [1.165, 1.54) is 95.1 Å². The Balaban J connectivity index is 0.000000211. The molecule has 69 heavy (non-hydrogen) atoms. The molecule has 0 spiro atoms. The zero-order valence-corrected chi connectivity index (χ0v) is 42.3. The van der Waals surface area contributed by atoms with Crippen LogP contribution in [0.2, 0.25) is 0 Å². The van der Waals surface area contributed by atoms with E-state index in [9.17, 15) is 0 Å². The van der Waals surface area contributed by atoms with E-state index in [0.717, 1.165) is 60.5 Å². The molecule has 1 unspecified atom stereocenters. The Morgan fingerprint density at radius 3 is 2.45 bits per heavy atom. The maximum Gasteiger partial charge on any atom is 0.0674 e. The molecule has 0 saturated heterocycles. The fourth-order valence-electron chi connectivity index (χ4n) is 10.2. The summed E-state index contributed by atoms with van der Waals surface area (Å²) in [6.07, 6.45) is 31.4. The molecule has 2 nitrogen and oxygen atoms in total. The predicted molar refractivity (Wildman–Crippen MR) is 302 cm³/mol. The number of nitrogens with one attached hydrogen (secondary N) is 1. The minimum absolute atomic E-state index is 0.312. The maximum absolute atomic E-state index is 4.48. The van der Waals surface area contributed by atoms with Crippen molar-refractivity contribution in [2.75, 3.05) is 22.5 Å². The number of thioether (sulfide) groups is 1. The van der Waals surface area contributed by atoms with Gasteiger partial charge in [0.15, 0.2) is 0 Å². The van der Waals surface area contributed by atoms with Crippen molar-refractivity contribution in [1.29, 1.82) is 0 Å². The zero-order valence-electron chi connectivity index (χ0n) is 41.5. The van der Waals surface area contributed by atoms with Crippen LogP contribution in [-0.2, 0) is 11.8 Å². The summed E-state index contributed by atoms with van der Waals surface area (Å²) in [5.74, 6) is 0.937. The number of hydrogen-bond acceptors (Lipinski definition) is 3. The lowest BCUT2D eigenvalue weighted by atomic mass is 9.66. The molecule has 4 aliphatic rings. The standard InChI is InChI=1S/C40H40N2S.C26H26/c1-6-30(5)42(38-22-19-33(26-29(38)4)36-13-7-10-32-11-9-24-41-39(32)36)34-20-17-31(18-21-34)37-14-8-12-35-28(3)16-15-27(2)23-25-43-40(35)37;1-5-8-17-22-23-18-13-14-19-25(23)26(20(4)6-2,24(22)7-3)21-15-11-9-10-12-16-21/h7-8,10,12-23,26,41H,3,5-6,9,11,24-25H2,1-2,4H3;6-11,14-17,19H,3,5,12H2,1-2,4H3/b16-15-,27-23-;17-8+,20-6+. The van der Waals surface area contributed by atoms with E-state index in [1.807, 2.05) is 23.9 Å². The Morgan fingerprint density at radius 1 is 0.899 bits per heavy atom. The second kappa shape index (κ2) is 22.0. The first-order valence-corrected chi connectivity index (χ1v) is 25.6. The summed E-state index contributed by atoms with van der Waals surface area (Å²) >= 11 is 1.88. The van der Waals surface area contributed by atoms with Gasteiger partial charge in [0, 0.05) is 51.1 Å². The highest BCUT2D eigenvalue weighted by Crippen LogP contribution is 2.56. The molecule has 0 amide bonds. The number of aryl methyl sites for hydroxylation is 2. The van der Waals surface area contributed by atoms with E-state index >= 15 is 0 Å². The van der Waals surface area contributed by atoms with Gasteiger partial charge in [-0.3, -0.25) is 0 Å². The molecule has 2 heterocycles. The van der Waals surface area contributed by atoms with Gasteiger partial charge in [0.1, 0.15) is 0 Å². The monoisotopic (exact) mass is 918 g/mol. The van der Waals surface area contributed by atoms with Crippen LogP contribution in [0, 0.1) is 19.1 Å². The van der Waals surface area contributed by atoms with Crippen LogP contribution in [-0.4, -0.2) is 12.3 Å². The van der Waals surface area contributed by atoms with Gasteiger partial charge in [0.2, 0.25) is 0 Å². The highest BCUT2D eigenvalue weighted by molar-refractivity contribution is 7.99. The first kappa shape index (κ1) is 48.5. The van der Waals surface area contributed by atoms with E-state index < -0.39 is 0 Å². The predicted octanol–water partition coefficient (Wildman–Crippen LogP) is 18.2. The molecule has 9 rings (SSSR count). The minimum atomic E-state index is -0.312. The molecule has 1 N–H and O–H groups in total. The van der Waals surface area contributed by atoms with Gasteiger partial charge in [0.05, 0.1) is 5.41 Å². The van der Waals surface area contributed by atoms with Crippen LogP contribution in [0.4, 0.5) is 17.1 Å². The number of fused-ring (bicyclic) bond motifs is 3. The Hall–Kier alpha value is -6.99. The molecule has 3 heteroatoms. The highest BCUT2D eigenvalue weighted by atomic mass is 32.2. The summed E-state index contributed by atoms with van der Waals surface area (Å²) in [4.78, 5) is 3.60. The molecule has 0 fully saturated rings. The first-order valence-electron chi connectivity index (χ1n) is 24.6. The van der Waals surface area contributed by atoms with Gasteiger partial charge in [-0.25, -0.2) is 0 Å². The van der Waals surface area contributed by atoms with Crippen molar-refractivity contribution in [2.24, 2.45) is 0 Å². The third kappa shape index (κ3) is 9.70. The first-order chi connectivity index (χ1) is 33.7. The van der Waals surface area contributed by atoms with Gasteiger partial charge in [0.25, 0.3) is 0 Å². The number of rotatable bonds is 11. The van der Waals surface area contributed by atoms with Crippen molar-refractivity contribution in [3.05, 3.63) is 252 Å². The Bertz CT molecular complexity index is 3030. The molecule has 2 aliphatic carbocycles. The van der Waals surface area contributed by atoms with E-state index in [2.05, 4.69) is 235 Å². The van der Waals surface area contributed by atoms with Crippen molar-refractivity contribution in [1.82, 2.24) is 0 Å². The van der Waals surface area contributed by atoms with Crippen molar-refractivity contribution >= 4 is 40.0 Å². The lowest BCUT2D eigenvalue weighted by Gasteiger charge is -2.36. The topological polar surface area (TPSA) is 15.3 Å². The number of allylic oxidation sites excluding steroid dienone is 18. The quantitative estimate of drug-likeness (QED) is 0.133. The van der Waals surface area contributed by atoms with Crippen LogP contribution in [0.1, 0.15) is 88.1 Å². The summed E-state index contributed by atoms with van der Waals surface area (Å²) < 4.78 is 0. The number of benzene rings is 4. The second-order valence-corrected chi connectivity index (χ2v) is 19.1. The van der Waals surface area contributed by atoms with Crippen LogP contribution in [0.25, 0.3) is 33.4 Å². The van der Waals surface area contributed by atoms with E-state index in [0.29, 0.717) is 0 Å². The van der Waals surface area contributed by atoms with Crippen molar-refractivity contribution in [2.45, 2.75) is 84.0 Å². The molecule has 0 radical (unpaired) electrons. The van der Waals surface area contributed by atoms with Gasteiger partial charge in [-0.15, -0.1) is 11.8 Å². The van der Waals surface area contributed by atoms with Crippen LogP contribution in [0.5, 0.6) is 0 Å². The third-order valence-electron chi connectivity index (χ3n) is 13.9. The molecule has 2 aliphatic heterocycles. The lowest BCUT2D eigenvalue weighted by Crippen LogP contribution is -2.29. The molecule has 0 bridgehead atoms. The molecule has 5 aromatic rings. The third-order valence-corrected chi connectivity index (χ3v) is 14.9. The maximum atomic E-state index is 4.48. The normalized spacial score (nSPS) is 18.6. The average Bonchev–Trinajstić information content (AvgIpc) is 3.47. The highest BCUT2D eigenvalue weighted by Gasteiger charge is 2.46. The fourth-order valence-corrected chi connectivity index (χ4v) is 11.4. The second-order valence-electron chi connectivity index (χ2n) is 18.1. The summed E-state index contributed by atoms with van der Waals surface area (Å²) in [5.41, 5.74) is 23.0. The number of nitrogens with zero attached hydrogens (tertiary/aromatic N) is 1. The van der Waals surface area contributed by atoms with Crippen LogP contribution < -0.4 is 10.2 Å². The van der Waals surface area contributed by atoms with Crippen molar-refractivity contribution < 1.29 is 0 Å². The average molecular weight is 919 g/mol. The van der Waals surface area contributed by atoms with E-state index in [4.69, 9.17) is 0 Å². The van der Waals surface area contributed by atoms with Gasteiger partial charge in [-0.2, -0.15) is 0 Å². The van der Waals surface area contributed by atoms with Gasteiger partial charge < -0.3 is 10.2 Å². The summed E-state index contributed by atoms with van der Waals surface area (Å²) in [7, 11) is 0. The van der Waals surface area contributed by atoms with Gasteiger partial charge in [-0.1, -0.05) is 184 Å². The van der Waals surface area contributed by atoms with Crippen LogP contribution >= 0.6 is 11.8 Å². The van der Waals surface area contributed by atoms with Crippen molar-refractivity contribution in [3.8, 4) is 22.3 Å². The van der Waals surface area contributed by atoms with Crippen molar-refractivity contribution in [3.63, 3.8) is 0 Å². The van der Waals surface area contributed by atoms with Gasteiger partial charge >= 0.3 is 0 Å². The SMILES string of the molecule is C=C1/C=C\C(C)=C/CSc2c1cccc2-c1ccc(N(C(=C)CC)c2ccc(-c3cccc4c3NCCC4)cc2C)cc1.C=CC1=C(/C=C/CC)c2c#cccc2C1(C1=CCC=CC=C1)/C(C)=C/C. The molecular formula is C66H66N2S. The van der Waals surface area contributed by atoms with Crippen LogP contribution in [0.15, 0.2) is 217 Å². The number of hydrogen-bond donors (Lipinski definition) is 1. The minimum Gasteiger partial charge on any atom is -0.384 e. The molecule has 0 aromatic heterocycles. The molecule has 5 aromatic carbocycles. The largest absolute Gasteiger partial charge is 0.384 e. The van der Waals surface area contributed by atoms with Gasteiger partial charge in [-0.05, 0) is 157 Å². The zero-order chi connectivity index (χ0) is 48.5. The number of anilines is 3. The Morgan fingerprint density at radius 2 is 1.68 bits per heavy atom. The molecule has 346 valence electrons. The molecule has 1 atom stereocenters. The summed E-state index contributed by atoms with van der Waals surface area (Å²) in [6.45, 7) is 27.1. The van der Waals surface area contributed by atoms with Crippen LogP contribution in [0.3, 0.4) is 0 Å². The molecule has 0 saturated carbocycles. The smallest absolute Gasteiger partial charge is 0.0674 e. The van der Waals surface area contributed by atoms with E-state index in [1.54, 1.807) is 0 Å². The summed E-state index contributed by atoms with van der Waals surface area (Å²) in [6, 6.07) is 39.8. The van der Waals surface area contributed by atoms with E-state index in [-0.39, 0.29) is 5.41 Å². The Labute approximate surface area is 418 Å². The summed E-state index contributed by atoms with van der Waals surface area (Å²) in [5, 5.41) is 3.65. The fraction of sp³-hybridized carbons (Fsp3) is 0.212. The molecular weight excluding hydrogens is 853 g/mol. The Kier molecular flexibility index (Phi) is 15.4. The number of para-hydroxylation sites is 1.